The molecule has 0 bridgehead atoms. The van der Waals surface area contributed by atoms with E-state index in [-0.39, 0.29) is 5.91 Å². The van der Waals surface area contributed by atoms with Crippen molar-refractivity contribution in [2.75, 3.05) is 7.11 Å². The van der Waals surface area contributed by atoms with Crippen molar-refractivity contribution >= 4 is 44.4 Å². The first-order valence-corrected chi connectivity index (χ1v) is 10.0. The molecule has 0 saturated carbocycles. The summed E-state index contributed by atoms with van der Waals surface area (Å²) < 4.78 is 7.19. The van der Waals surface area contributed by atoms with Gasteiger partial charge in [-0.25, -0.2) is 0 Å². The summed E-state index contributed by atoms with van der Waals surface area (Å²) >= 11 is 5.70. The molecule has 3 nitrogen and oxygen atoms in total. The Kier molecular flexibility index (Phi) is 6.17. The number of nitrogens with zero attached hydrogens (tertiary/aromatic N) is 1. The fraction of sp³-hybridized carbons (Fsp3) is 0.250. The molecular formula is C20H19BrINO2. The van der Waals surface area contributed by atoms with E-state index in [0.717, 1.165) is 49.9 Å². The molecule has 0 aliphatic heterocycles. The zero-order valence-corrected chi connectivity index (χ0v) is 17.7. The van der Waals surface area contributed by atoms with Crippen LogP contribution in [0.3, 0.4) is 0 Å². The van der Waals surface area contributed by atoms with Gasteiger partial charge in [-0.05, 0) is 77.7 Å². The second-order valence-electron chi connectivity index (χ2n) is 5.95. The molecular weight excluding hydrogens is 493 g/mol. The Morgan fingerprint density at radius 3 is 2.84 bits per heavy atom. The van der Waals surface area contributed by atoms with Crippen molar-refractivity contribution < 1.29 is 9.53 Å². The average molecular weight is 512 g/mol. The summed E-state index contributed by atoms with van der Waals surface area (Å²) in [5.74, 6) is 0.851. The molecule has 1 aliphatic carbocycles. The molecule has 25 heavy (non-hydrogen) atoms. The third-order valence-electron chi connectivity index (χ3n) is 4.24. The number of methoxy groups -OCH3 is 1. The monoisotopic (exact) mass is 511 g/mol. The van der Waals surface area contributed by atoms with Crippen LogP contribution in [0, 0.1) is 3.57 Å². The SMILES string of the molecule is COc1cccc(CN(C(=O)c2cc(Br)ccc2I)C2=CCCC2)c1. The van der Waals surface area contributed by atoms with Gasteiger partial charge in [-0.1, -0.05) is 34.1 Å². The highest BCUT2D eigenvalue weighted by Gasteiger charge is 2.23. The van der Waals surface area contributed by atoms with Crippen molar-refractivity contribution in [2.24, 2.45) is 0 Å². The number of allylic oxidation sites excluding steroid dienone is 2. The number of rotatable bonds is 5. The van der Waals surface area contributed by atoms with Gasteiger partial charge < -0.3 is 9.64 Å². The summed E-state index contributed by atoms with van der Waals surface area (Å²) in [6, 6.07) is 13.7. The predicted molar refractivity (Wildman–Crippen MR) is 112 cm³/mol. The highest BCUT2D eigenvalue weighted by Crippen LogP contribution is 2.28. The van der Waals surface area contributed by atoms with E-state index < -0.39 is 0 Å². The topological polar surface area (TPSA) is 29.5 Å². The summed E-state index contributed by atoms with van der Waals surface area (Å²) in [5, 5.41) is 0. The van der Waals surface area contributed by atoms with Crippen LogP contribution in [0.4, 0.5) is 0 Å². The molecule has 1 aliphatic rings. The Morgan fingerprint density at radius 1 is 1.28 bits per heavy atom. The van der Waals surface area contributed by atoms with Crippen molar-refractivity contribution in [3.63, 3.8) is 0 Å². The van der Waals surface area contributed by atoms with E-state index >= 15 is 0 Å². The molecule has 0 unspecified atom stereocenters. The second-order valence-corrected chi connectivity index (χ2v) is 8.03. The van der Waals surface area contributed by atoms with Crippen molar-refractivity contribution in [3.8, 4) is 5.75 Å². The van der Waals surface area contributed by atoms with Gasteiger partial charge in [0.05, 0.1) is 19.2 Å². The van der Waals surface area contributed by atoms with Crippen LogP contribution in [-0.2, 0) is 6.54 Å². The molecule has 0 spiro atoms. The van der Waals surface area contributed by atoms with Crippen LogP contribution >= 0.6 is 38.5 Å². The largest absolute Gasteiger partial charge is 0.497 e. The Hall–Kier alpha value is -1.34. The minimum Gasteiger partial charge on any atom is -0.497 e. The number of halogens is 2. The molecule has 1 amide bonds. The van der Waals surface area contributed by atoms with Crippen molar-refractivity contribution in [1.82, 2.24) is 4.90 Å². The quantitative estimate of drug-likeness (QED) is 0.477. The maximum Gasteiger partial charge on any atom is 0.259 e. The van der Waals surface area contributed by atoms with Gasteiger partial charge in [0.2, 0.25) is 0 Å². The van der Waals surface area contributed by atoms with Gasteiger partial charge in [0.1, 0.15) is 5.75 Å². The summed E-state index contributed by atoms with van der Waals surface area (Å²) in [6.07, 6.45) is 5.27. The van der Waals surface area contributed by atoms with E-state index in [1.54, 1.807) is 7.11 Å². The summed E-state index contributed by atoms with van der Waals surface area (Å²) in [7, 11) is 1.66. The maximum absolute atomic E-state index is 13.3. The number of hydrogen-bond acceptors (Lipinski definition) is 2. The number of benzene rings is 2. The minimum atomic E-state index is 0.0432. The first-order chi connectivity index (χ1) is 12.1. The third kappa shape index (κ3) is 4.44. The van der Waals surface area contributed by atoms with Gasteiger partial charge in [-0.3, -0.25) is 4.79 Å². The zero-order valence-electron chi connectivity index (χ0n) is 14.0. The van der Waals surface area contributed by atoms with Gasteiger partial charge in [-0.2, -0.15) is 0 Å². The highest BCUT2D eigenvalue weighted by molar-refractivity contribution is 14.1. The molecule has 0 radical (unpaired) electrons. The van der Waals surface area contributed by atoms with Crippen molar-refractivity contribution in [1.29, 1.82) is 0 Å². The Morgan fingerprint density at radius 2 is 2.12 bits per heavy atom. The fourth-order valence-corrected chi connectivity index (χ4v) is 3.89. The Labute approximate surface area is 170 Å². The van der Waals surface area contributed by atoms with Gasteiger partial charge in [-0.15, -0.1) is 0 Å². The molecule has 0 heterocycles. The molecule has 0 aromatic heterocycles. The summed E-state index contributed by atoms with van der Waals surface area (Å²) in [4.78, 5) is 15.2. The number of hydrogen-bond donors (Lipinski definition) is 0. The number of carbonyl (C=O) groups is 1. The molecule has 0 saturated heterocycles. The molecule has 2 aromatic carbocycles. The van der Waals surface area contributed by atoms with Gasteiger partial charge in [0, 0.05) is 13.7 Å². The van der Waals surface area contributed by atoms with E-state index in [2.05, 4.69) is 44.6 Å². The minimum absolute atomic E-state index is 0.0432. The van der Waals surface area contributed by atoms with Crippen LogP contribution in [0.25, 0.3) is 0 Å². The zero-order chi connectivity index (χ0) is 17.8. The van der Waals surface area contributed by atoms with E-state index in [0.29, 0.717) is 6.54 Å². The predicted octanol–water partition coefficient (Wildman–Crippen LogP) is 5.77. The number of amides is 1. The lowest BCUT2D eigenvalue weighted by Crippen LogP contribution is -2.30. The first-order valence-electron chi connectivity index (χ1n) is 8.17. The maximum atomic E-state index is 13.3. The fourth-order valence-electron chi connectivity index (χ4n) is 2.96. The standard InChI is InChI=1S/C20H19BrINO2/c1-25-17-8-4-5-14(11-17)13-23(16-6-2-3-7-16)20(24)18-12-15(21)9-10-19(18)22/h4-6,8-12H,2-3,7,13H2,1H3. The normalized spacial score (nSPS) is 13.5. The summed E-state index contributed by atoms with van der Waals surface area (Å²) in [6.45, 7) is 0.546. The number of carbonyl (C=O) groups excluding carboxylic acids is 1. The van der Waals surface area contributed by atoms with Crippen LogP contribution in [0.15, 0.2) is 58.7 Å². The molecule has 3 rings (SSSR count). The van der Waals surface area contributed by atoms with Crippen molar-refractivity contribution in [2.45, 2.75) is 25.8 Å². The third-order valence-corrected chi connectivity index (χ3v) is 5.68. The molecule has 0 fully saturated rings. The lowest BCUT2D eigenvalue weighted by atomic mass is 10.1. The number of ether oxygens (including phenoxy) is 1. The second kappa shape index (κ2) is 8.36. The van der Waals surface area contributed by atoms with E-state index in [4.69, 9.17) is 4.74 Å². The Bertz CT molecular complexity index is 819. The van der Waals surface area contributed by atoms with E-state index in [9.17, 15) is 4.79 Å². The van der Waals surface area contributed by atoms with Crippen LogP contribution < -0.4 is 4.74 Å². The van der Waals surface area contributed by atoms with Gasteiger partial charge >= 0.3 is 0 Å². The molecule has 0 atom stereocenters. The van der Waals surface area contributed by atoms with Crippen LogP contribution in [0.1, 0.15) is 35.2 Å². The first kappa shape index (κ1) is 18.5. The summed E-state index contributed by atoms with van der Waals surface area (Å²) in [5.41, 5.74) is 2.90. The average Bonchev–Trinajstić information content (AvgIpc) is 3.15. The lowest BCUT2D eigenvalue weighted by Gasteiger charge is -2.25. The Balaban J connectivity index is 1.94. The smallest absolute Gasteiger partial charge is 0.259 e. The van der Waals surface area contributed by atoms with Crippen molar-refractivity contribution in [3.05, 3.63) is 73.4 Å². The highest BCUT2D eigenvalue weighted by atomic mass is 127. The van der Waals surface area contributed by atoms with Gasteiger partial charge in [0.25, 0.3) is 5.91 Å². The molecule has 130 valence electrons. The molecule has 0 N–H and O–H groups in total. The van der Waals surface area contributed by atoms with Crippen LogP contribution in [0.5, 0.6) is 5.75 Å². The van der Waals surface area contributed by atoms with E-state index in [1.807, 2.05) is 47.4 Å². The van der Waals surface area contributed by atoms with Gasteiger partial charge in [0.15, 0.2) is 0 Å². The molecule has 5 heteroatoms. The lowest BCUT2D eigenvalue weighted by molar-refractivity contribution is 0.0791. The van der Waals surface area contributed by atoms with E-state index in [1.165, 1.54) is 0 Å². The molecule has 2 aromatic rings. The van der Waals surface area contributed by atoms with Crippen LogP contribution in [0.2, 0.25) is 0 Å². The van der Waals surface area contributed by atoms with Crippen LogP contribution in [-0.4, -0.2) is 17.9 Å².